The molecule has 0 amide bonds. The lowest BCUT2D eigenvalue weighted by atomic mass is 10.2. The number of methoxy groups -OCH3 is 1. The van der Waals surface area contributed by atoms with E-state index in [9.17, 15) is 4.79 Å². The van der Waals surface area contributed by atoms with Crippen LogP contribution in [-0.4, -0.2) is 35.6 Å². The summed E-state index contributed by atoms with van der Waals surface area (Å²) >= 11 is 0. The number of hydrogen-bond donors (Lipinski definition) is 0. The van der Waals surface area contributed by atoms with Gasteiger partial charge in [-0.05, 0) is 32.9 Å². The van der Waals surface area contributed by atoms with E-state index in [2.05, 4.69) is 9.97 Å². The minimum absolute atomic E-state index is 0.128. The first-order valence-electron chi connectivity index (χ1n) is 6.59. The van der Waals surface area contributed by atoms with E-state index in [0.717, 1.165) is 22.5 Å². The number of hydrogen-bond acceptors (Lipinski definition) is 5. The van der Waals surface area contributed by atoms with Crippen molar-refractivity contribution in [2.45, 2.75) is 26.8 Å². The fourth-order valence-corrected chi connectivity index (χ4v) is 2.06. The fourth-order valence-electron chi connectivity index (χ4n) is 2.06. The summed E-state index contributed by atoms with van der Waals surface area (Å²) in [7, 11) is 1.39. The van der Waals surface area contributed by atoms with Crippen molar-refractivity contribution in [3.05, 3.63) is 30.0 Å². The van der Waals surface area contributed by atoms with Gasteiger partial charge in [-0.1, -0.05) is 12.1 Å². The molecule has 0 aliphatic carbocycles. The van der Waals surface area contributed by atoms with Crippen LogP contribution in [0.1, 0.15) is 19.5 Å². The highest BCUT2D eigenvalue weighted by Gasteiger charge is 2.19. The van der Waals surface area contributed by atoms with E-state index in [1.54, 1.807) is 0 Å². The van der Waals surface area contributed by atoms with Gasteiger partial charge < -0.3 is 9.64 Å². The number of esters is 1. The SMILES string of the molecule is COC(=O)CN(c1nc2ccccc2nc1C)C(C)C. The van der Waals surface area contributed by atoms with Gasteiger partial charge in [-0.2, -0.15) is 0 Å². The number of rotatable bonds is 4. The lowest BCUT2D eigenvalue weighted by Crippen LogP contribution is -2.37. The molecule has 2 aromatic rings. The average molecular weight is 273 g/mol. The molecule has 1 aromatic heterocycles. The fraction of sp³-hybridized carbons (Fsp3) is 0.400. The van der Waals surface area contributed by atoms with Crippen molar-refractivity contribution in [3.8, 4) is 0 Å². The van der Waals surface area contributed by atoms with E-state index < -0.39 is 0 Å². The predicted molar refractivity (Wildman–Crippen MR) is 78.8 cm³/mol. The molecule has 106 valence electrons. The van der Waals surface area contributed by atoms with Crippen molar-refractivity contribution in [1.29, 1.82) is 0 Å². The van der Waals surface area contributed by atoms with Crippen LogP contribution in [0.3, 0.4) is 0 Å². The van der Waals surface area contributed by atoms with Gasteiger partial charge in [0.05, 0.1) is 23.8 Å². The molecule has 0 unspecified atom stereocenters. The largest absolute Gasteiger partial charge is 0.468 e. The number of aromatic nitrogens is 2. The quantitative estimate of drug-likeness (QED) is 0.800. The topological polar surface area (TPSA) is 55.3 Å². The molecule has 0 N–H and O–H groups in total. The zero-order valence-corrected chi connectivity index (χ0v) is 12.3. The normalized spacial score (nSPS) is 10.8. The second-order valence-corrected chi connectivity index (χ2v) is 4.92. The Balaban J connectivity index is 2.47. The summed E-state index contributed by atoms with van der Waals surface area (Å²) in [6, 6.07) is 7.84. The van der Waals surface area contributed by atoms with Crippen molar-refractivity contribution in [1.82, 2.24) is 9.97 Å². The molecule has 0 fully saturated rings. The molecule has 0 saturated heterocycles. The molecule has 0 saturated carbocycles. The van der Waals surface area contributed by atoms with Crippen LogP contribution in [0.15, 0.2) is 24.3 Å². The monoisotopic (exact) mass is 273 g/mol. The maximum Gasteiger partial charge on any atom is 0.325 e. The Kier molecular flexibility index (Phi) is 4.17. The van der Waals surface area contributed by atoms with Crippen LogP contribution < -0.4 is 4.90 Å². The van der Waals surface area contributed by atoms with Crippen LogP contribution in [0.2, 0.25) is 0 Å². The molecular weight excluding hydrogens is 254 g/mol. The highest BCUT2D eigenvalue weighted by Crippen LogP contribution is 2.21. The van der Waals surface area contributed by atoms with Crippen LogP contribution in [0.5, 0.6) is 0 Å². The molecular formula is C15H19N3O2. The molecule has 5 heteroatoms. The van der Waals surface area contributed by atoms with Gasteiger partial charge in [0, 0.05) is 6.04 Å². The van der Waals surface area contributed by atoms with Crippen LogP contribution in [-0.2, 0) is 9.53 Å². The van der Waals surface area contributed by atoms with Gasteiger partial charge in [0.15, 0.2) is 5.82 Å². The van der Waals surface area contributed by atoms with Gasteiger partial charge in [0.2, 0.25) is 0 Å². The highest BCUT2D eigenvalue weighted by molar-refractivity contribution is 5.79. The smallest absolute Gasteiger partial charge is 0.325 e. The summed E-state index contributed by atoms with van der Waals surface area (Å²) in [5, 5.41) is 0. The van der Waals surface area contributed by atoms with Crippen LogP contribution in [0, 0.1) is 6.92 Å². The van der Waals surface area contributed by atoms with Gasteiger partial charge >= 0.3 is 5.97 Å². The average Bonchev–Trinajstić information content (AvgIpc) is 2.43. The molecule has 1 aromatic carbocycles. The molecule has 0 aliphatic rings. The van der Waals surface area contributed by atoms with Gasteiger partial charge in [0.25, 0.3) is 0 Å². The summed E-state index contributed by atoms with van der Waals surface area (Å²) in [4.78, 5) is 22.7. The second-order valence-electron chi connectivity index (χ2n) is 4.92. The first-order chi connectivity index (χ1) is 9.52. The minimum atomic E-state index is -0.284. The van der Waals surface area contributed by atoms with Gasteiger partial charge in [0.1, 0.15) is 6.54 Å². The third-order valence-corrected chi connectivity index (χ3v) is 3.14. The minimum Gasteiger partial charge on any atom is -0.468 e. The third-order valence-electron chi connectivity index (χ3n) is 3.14. The summed E-state index contributed by atoms with van der Waals surface area (Å²) in [5.41, 5.74) is 2.49. The second kappa shape index (κ2) is 5.86. The zero-order chi connectivity index (χ0) is 14.7. The van der Waals surface area contributed by atoms with Crippen molar-refractivity contribution in [3.63, 3.8) is 0 Å². The van der Waals surface area contributed by atoms with E-state index >= 15 is 0 Å². The first kappa shape index (κ1) is 14.2. The standard InChI is InChI=1S/C15H19N3O2/c1-10(2)18(9-14(19)20-4)15-11(3)16-12-7-5-6-8-13(12)17-15/h5-8,10H,9H2,1-4H3. The number of carbonyl (C=O) groups excluding carboxylic acids is 1. The van der Waals surface area contributed by atoms with E-state index in [4.69, 9.17) is 4.74 Å². The van der Waals surface area contributed by atoms with E-state index in [0.29, 0.717) is 0 Å². The van der Waals surface area contributed by atoms with Crippen molar-refractivity contribution in [2.24, 2.45) is 0 Å². The van der Waals surface area contributed by atoms with E-state index in [1.165, 1.54) is 7.11 Å². The number of benzene rings is 1. The summed E-state index contributed by atoms with van der Waals surface area (Å²) in [5.74, 6) is 0.442. The number of para-hydroxylation sites is 2. The van der Waals surface area contributed by atoms with Crippen molar-refractivity contribution < 1.29 is 9.53 Å². The lowest BCUT2D eigenvalue weighted by Gasteiger charge is -2.27. The molecule has 20 heavy (non-hydrogen) atoms. The van der Waals surface area contributed by atoms with Gasteiger partial charge in [-0.3, -0.25) is 4.79 Å². The molecule has 0 bridgehead atoms. The Morgan fingerprint density at radius 3 is 2.40 bits per heavy atom. The number of nitrogens with zero attached hydrogens (tertiary/aromatic N) is 3. The molecule has 0 aliphatic heterocycles. The lowest BCUT2D eigenvalue weighted by molar-refractivity contribution is -0.139. The van der Waals surface area contributed by atoms with Crippen molar-refractivity contribution in [2.75, 3.05) is 18.6 Å². The maximum atomic E-state index is 11.6. The zero-order valence-electron chi connectivity index (χ0n) is 12.3. The summed E-state index contributed by atoms with van der Waals surface area (Å²) in [6.07, 6.45) is 0. The maximum absolute atomic E-state index is 11.6. The summed E-state index contributed by atoms with van der Waals surface area (Å²) in [6.45, 7) is 6.10. The van der Waals surface area contributed by atoms with Crippen LogP contribution in [0.25, 0.3) is 11.0 Å². The number of fused-ring (bicyclic) bond motifs is 1. The molecule has 0 radical (unpaired) electrons. The Hall–Kier alpha value is -2.17. The number of ether oxygens (including phenoxy) is 1. The van der Waals surface area contributed by atoms with Gasteiger partial charge in [-0.25, -0.2) is 9.97 Å². The van der Waals surface area contributed by atoms with E-state index in [1.807, 2.05) is 49.9 Å². The number of aryl methyl sites for hydroxylation is 1. The Morgan fingerprint density at radius 1 is 1.25 bits per heavy atom. The van der Waals surface area contributed by atoms with Crippen LogP contribution in [0.4, 0.5) is 5.82 Å². The highest BCUT2D eigenvalue weighted by atomic mass is 16.5. The Morgan fingerprint density at radius 2 is 1.85 bits per heavy atom. The molecule has 0 atom stereocenters. The molecule has 0 spiro atoms. The Labute approximate surface area is 118 Å². The number of anilines is 1. The molecule has 5 nitrogen and oxygen atoms in total. The summed E-state index contributed by atoms with van der Waals surface area (Å²) < 4.78 is 4.75. The van der Waals surface area contributed by atoms with Crippen LogP contribution >= 0.6 is 0 Å². The molecule has 1 heterocycles. The predicted octanol–water partition coefficient (Wildman–Crippen LogP) is 2.33. The number of carbonyl (C=O) groups is 1. The van der Waals surface area contributed by atoms with Gasteiger partial charge in [-0.15, -0.1) is 0 Å². The third kappa shape index (κ3) is 2.87. The van der Waals surface area contributed by atoms with E-state index in [-0.39, 0.29) is 18.6 Å². The van der Waals surface area contributed by atoms with Crippen molar-refractivity contribution >= 4 is 22.8 Å². The molecule has 2 rings (SSSR count). The first-order valence-corrected chi connectivity index (χ1v) is 6.59. The Bertz CT molecular complexity index is 626.